The predicted molar refractivity (Wildman–Crippen MR) is 140 cm³/mol. The quantitative estimate of drug-likeness (QED) is 0.500. The molecule has 1 aliphatic carbocycles. The largest absolute Gasteiger partial charge is 0.497 e. The van der Waals surface area contributed by atoms with E-state index < -0.39 is 15.8 Å². The summed E-state index contributed by atoms with van der Waals surface area (Å²) in [5, 5.41) is 9.41. The van der Waals surface area contributed by atoms with Crippen LogP contribution >= 0.6 is 0 Å². The lowest BCUT2D eigenvalue weighted by atomic mass is 9.77. The summed E-state index contributed by atoms with van der Waals surface area (Å²) in [5.74, 6) is -0.518. The zero-order chi connectivity index (χ0) is 26.7. The van der Waals surface area contributed by atoms with Gasteiger partial charge in [0.15, 0.2) is 9.84 Å². The predicted octanol–water partition coefficient (Wildman–Crippen LogP) is 4.55. The van der Waals surface area contributed by atoms with Crippen molar-refractivity contribution in [1.82, 2.24) is 4.98 Å². The standard InChI is InChI=1S/C28H36N2O6S/c1-18-9-10-20(11-12-21(18)17-37(34,35)23-7-4-6-22(15-23)36-3)14-24-19(2)27-25(8-5-13-29-27)30(28(24)33)16-26(31)32/h4-8,13,15,18-21,24H,9-12,14,16-17H2,1-3H3,(H,31,32). The van der Waals surface area contributed by atoms with Crippen molar-refractivity contribution >= 4 is 27.4 Å². The minimum Gasteiger partial charge on any atom is -0.497 e. The molecule has 0 radical (unpaired) electrons. The molecule has 1 saturated carbocycles. The fourth-order valence-electron chi connectivity index (χ4n) is 5.94. The van der Waals surface area contributed by atoms with E-state index in [9.17, 15) is 23.1 Å². The summed E-state index contributed by atoms with van der Waals surface area (Å²) in [6.45, 7) is 3.74. The summed E-state index contributed by atoms with van der Waals surface area (Å²) >= 11 is 0. The van der Waals surface area contributed by atoms with Crippen LogP contribution < -0.4 is 9.64 Å². The van der Waals surface area contributed by atoms with Crippen LogP contribution in [0.25, 0.3) is 0 Å². The number of pyridine rings is 1. The van der Waals surface area contributed by atoms with Crippen molar-refractivity contribution in [3.8, 4) is 5.75 Å². The number of carboxylic acids is 1. The number of aromatic nitrogens is 1. The van der Waals surface area contributed by atoms with Crippen molar-refractivity contribution in [3.05, 3.63) is 48.3 Å². The third-order valence-electron chi connectivity index (χ3n) is 8.22. The van der Waals surface area contributed by atoms with Crippen LogP contribution in [0.4, 0.5) is 5.69 Å². The van der Waals surface area contributed by atoms with Gasteiger partial charge in [0, 0.05) is 18.0 Å². The van der Waals surface area contributed by atoms with Gasteiger partial charge in [-0.3, -0.25) is 19.5 Å². The van der Waals surface area contributed by atoms with Crippen molar-refractivity contribution in [2.24, 2.45) is 23.7 Å². The molecule has 37 heavy (non-hydrogen) atoms. The Balaban J connectivity index is 1.47. The second-order valence-corrected chi connectivity index (χ2v) is 12.6. The van der Waals surface area contributed by atoms with Gasteiger partial charge in [0.1, 0.15) is 12.3 Å². The second kappa shape index (κ2) is 11.2. The fourth-order valence-corrected chi connectivity index (χ4v) is 7.78. The first kappa shape index (κ1) is 27.1. The molecule has 1 aliphatic heterocycles. The van der Waals surface area contributed by atoms with Crippen molar-refractivity contribution in [3.63, 3.8) is 0 Å². The fraction of sp³-hybridized carbons (Fsp3) is 0.536. The number of benzene rings is 1. The van der Waals surface area contributed by atoms with Gasteiger partial charge < -0.3 is 9.84 Å². The second-order valence-electron chi connectivity index (χ2n) is 10.6. The van der Waals surface area contributed by atoms with Crippen LogP contribution in [0.15, 0.2) is 47.5 Å². The molecule has 0 spiro atoms. The van der Waals surface area contributed by atoms with Crippen LogP contribution in [0, 0.1) is 23.7 Å². The number of carbonyl (C=O) groups is 2. The number of methoxy groups -OCH3 is 1. The van der Waals surface area contributed by atoms with E-state index >= 15 is 0 Å². The Morgan fingerprint density at radius 3 is 2.62 bits per heavy atom. The smallest absolute Gasteiger partial charge is 0.323 e. The summed E-state index contributed by atoms with van der Waals surface area (Å²) in [4.78, 5) is 31.1. The molecule has 4 rings (SSSR count). The zero-order valence-electron chi connectivity index (χ0n) is 21.7. The van der Waals surface area contributed by atoms with Gasteiger partial charge in [-0.2, -0.15) is 0 Å². The average Bonchev–Trinajstić information content (AvgIpc) is 3.05. The van der Waals surface area contributed by atoms with E-state index in [4.69, 9.17) is 4.74 Å². The molecular formula is C28H36N2O6S. The van der Waals surface area contributed by atoms with Gasteiger partial charge >= 0.3 is 5.97 Å². The Bertz CT molecular complexity index is 1250. The van der Waals surface area contributed by atoms with E-state index in [-0.39, 0.29) is 52.7 Å². The van der Waals surface area contributed by atoms with Crippen molar-refractivity contribution in [2.45, 2.75) is 56.8 Å². The van der Waals surface area contributed by atoms with Gasteiger partial charge in [0.2, 0.25) is 5.91 Å². The molecule has 1 amide bonds. The number of amides is 1. The Morgan fingerprint density at radius 1 is 1.14 bits per heavy atom. The van der Waals surface area contributed by atoms with Gasteiger partial charge in [-0.15, -0.1) is 0 Å². The highest BCUT2D eigenvalue weighted by Crippen LogP contribution is 2.43. The van der Waals surface area contributed by atoms with E-state index in [2.05, 4.69) is 11.9 Å². The number of anilines is 1. The van der Waals surface area contributed by atoms with E-state index in [0.717, 1.165) is 31.4 Å². The van der Waals surface area contributed by atoms with Crippen molar-refractivity contribution in [1.29, 1.82) is 0 Å². The first-order chi connectivity index (χ1) is 17.6. The number of fused-ring (bicyclic) bond motifs is 1. The molecule has 5 atom stereocenters. The summed E-state index contributed by atoms with van der Waals surface area (Å²) in [6, 6.07) is 10.1. The molecule has 1 aromatic carbocycles. The molecule has 2 aromatic rings. The molecule has 1 aromatic heterocycles. The highest BCUT2D eigenvalue weighted by molar-refractivity contribution is 7.91. The van der Waals surface area contributed by atoms with E-state index in [1.165, 1.54) is 12.0 Å². The van der Waals surface area contributed by atoms with Crippen LogP contribution in [0.5, 0.6) is 5.75 Å². The van der Waals surface area contributed by atoms with Crippen LogP contribution in [0.1, 0.15) is 57.6 Å². The van der Waals surface area contributed by atoms with E-state index in [0.29, 0.717) is 17.9 Å². The molecule has 2 aliphatic rings. The van der Waals surface area contributed by atoms with E-state index in [1.54, 1.807) is 42.6 Å². The van der Waals surface area contributed by atoms with Gasteiger partial charge in [-0.25, -0.2) is 8.42 Å². The third kappa shape index (κ3) is 5.98. The monoisotopic (exact) mass is 528 g/mol. The summed E-state index contributed by atoms with van der Waals surface area (Å²) < 4.78 is 31.6. The highest BCUT2D eigenvalue weighted by atomic mass is 32.2. The minimum atomic E-state index is -3.46. The number of sulfone groups is 1. The molecule has 0 bridgehead atoms. The van der Waals surface area contributed by atoms with Gasteiger partial charge in [-0.05, 0) is 60.9 Å². The highest BCUT2D eigenvalue weighted by Gasteiger charge is 2.41. The molecule has 0 saturated heterocycles. The van der Waals surface area contributed by atoms with E-state index in [1.807, 2.05) is 6.92 Å². The molecule has 5 unspecified atom stereocenters. The number of rotatable bonds is 8. The van der Waals surface area contributed by atoms with Crippen LogP contribution in [0.2, 0.25) is 0 Å². The lowest BCUT2D eigenvalue weighted by Crippen LogP contribution is -2.46. The molecule has 2 heterocycles. The summed E-state index contributed by atoms with van der Waals surface area (Å²) in [6.07, 6.45) is 5.76. The number of carboxylic acid groups (broad SMARTS) is 1. The lowest BCUT2D eigenvalue weighted by Gasteiger charge is -2.38. The number of ether oxygens (including phenoxy) is 1. The minimum absolute atomic E-state index is 0.0339. The maximum Gasteiger partial charge on any atom is 0.323 e. The molecule has 9 heteroatoms. The number of hydrogen-bond donors (Lipinski definition) is 1. The Morgan fingerprint density at radius 2 is 1.89 bits per heavy atom. The Kier molecular flexibility index (Phi) is 8.21. The van der Waals surface area contributed by atoms with Gasteiger partial charge in [0.05, 0.1) is 29.1 Å². The third-order valence-corrected chi connectivity index (χ3v) is 10.1. The molecule has 1 N–H and O–H groups in total. The summed E-state index contributed by atoms with van der Waals surface area (Å²) in [7, 11) is -1.94. The summed E-state index contributed by atoms with van der Waals surface area (Å²) in [5.41, 5.74) is 1.34. The Hall–Kier alpha value is -2.94. The topological polar surface area (TPSA) is 114 Å². The number of aliphatic carboxylic acids is 1. The Labute approximate surface area is 219 Å². The number of hydrogen-bond acceptors (Lipinski definition) is 6. The lowest BCUT2D eigenvalue weighted by molar-refractivity contribution is -0.137. The van der Waals surface area contributed by atoms with Gasteiger partial charge in [-0.1, -0.05) is 39.2 Å². The first-order valence-electron chi connectivity index (χ1n) is 13.0. The number of nitrogens with zero attached hydrogens (tertiary/aromatic N) is 2. The molecule has 1 fully saturated rings. The van der Waals surface area contributed by atoms with Crippen LogP contribution in [-0.4, -0.2) is 49.8 Å². The molecule has 8 nitrogen and oxygen atoms in total. The average molecular weight is 529 g/mol. The van der Waals surface area contributed by atoms with Crippen LogP contribution in [-0.2, 0) is 19.4 Å². The first-order valence-corrected chi connectivity index (χ1v) is 14.6. The zero-order valence-corrected chi connectivity index (χ0v) is 22.5. The van der Waals surface area contributed by atoms with Crippen molar-refractivity contribution < 1.29 is 27.9 Å². The molecular weight excluding hydrogens is 492 g/mol. The maximum absolute atomic E-state index is 13.5. The maximum atomic E-state index is 13.5. The van der Waals surface area contributed by atoms with Crippen molar-refractivity contribution in [2.75, 3.05) is 24.3 Å². The van der Waals surface area contributed by atoms with Gasteiger partial charge in [0.25, 0.3) is 0 Å². The SMILES string of the molecule is COc1cccc(S(=O)(=O)CC2CCC(CC3C(=O)N(CC(=O)O)c4cccnc4C3C)CCC2C)c1. The normalized spacial score (nSPS) is 26.3. The molecule has 200 valence electrons. The van der Waals surface area contributed by atoms with Crippen LogP contribution in [0.3, 0.4) is 0 Å². The number of carbonyl (C=O) groups excluding carboxylic acids is 1.